The van der Waals surface area contributed by atoms with Gasteiger partial charge in [0.05, 0.1) is 0 Å². The first-order valence-corrected chi connectivity index (χ1v) is 7.04. The lowest BCUT2D eigenvalue weighted by Gasteiger charge is -2.03. The van der Waals surface area contributed by atoms with Crippen LogP contribution in [0.15, 0.2) is 35.8 Å². The van der Waals surface area contributed by atoms with E-state index in [2.05, 4.69) is 4.98 Å². The van der Waals surface area contributed by atoms with Crippen LogP contribution < -0.4 is 4.74 Å². The zero-order valence-electron chi connectivity index (χ0n) is 10.8. The molecular formula is C13H11N3O4S. The Morgan fingerprint density at radius 2 is 2.14 bits per heavy atom. The van der Waals surface area contributed by atoms with E-state index < -0.39 is 4.92 Å². The number of ether oxygens (including phenoxy) is 1. The van der Waals surface area contributed by atoms with Crippen molar-refractivity contribution in [2.45, 2.75) is 6.42 Å². The van der Waals surface area contributed by atoms with Gasteiger partial charge in [-0.05, 0) is 29.0 Å². The Morgan fingerprint density at radius 1 is 1.38 bits per heavy atom. The minimum absolute atomic E-state index is 0.0261. The van der Waals surface area contributed by atoms with E-state index in [-0.39, 0.29) is 18.3 Å². The predicted octanol–water partition coefficient (Wildman–Crippen LogP) is 2.63. The van der Waals surface area contributed by atoms with E-state index >= 15 is 0 Å². The lowest BCUT2D eigenvalue weighted by atomic mass is 10.1. The fourth-order valence-electron chi connectivity index (χ4n) is 1.95. The Bertz CT molecular complexity index is 778. The molecule has 21 heavy (non-hydrogen) atoms. The number of thiazole rings is 1. The molecule has 2 aromatic heterocycles. The van der Waals surface area contributed by atoms with E-state index in [1.807, 2.05) is 0 Å². The van der Waals surface area contributed by atoms with Crippen molar-refractivity contribution >= 4 is 22.1 Å². The minimum atomic E-state index is -0.512. The summed E-state index contributed by atoms with van der Waals surface area (Å²) in [7, 11) is 0. The highest BCUT2D eigenvalue weighted by Gasteiger charge is 2.25. The summed E-state index contributed by atoms with van der Waals surface area (Å²) in [6.07, 6.45) is 2.14. The van der Waals surface area contributed by atoms with Crippen LogP contribution in [0, 0.1) is 10.1 Å². The highest BCUT2D eigenvalue weighted by Crippen LogP contribution is 2.33. The van der Waals surface area contributed by atoms with Gasteiger partial charge >= 0.3 is 11.7 Å². The van der Waals surface area contributed by atoms with Crippen LogP contribution in [0.1, 0.15) is 5.56 Å². The van der Waals surface area contributed by atoms with Crippen LogP contribution in [0.5, 0.6) is 11.6 Å². The van der Waals surface area contributed by atoms with E-state index in [1.54, 1.807) is 35.8 Å². The average Bonchev–Trinajstić information content (AvgIpc) is 3.01. The molecule has 0 saturated carbocycles. The molecule has 1 aromatic carbocycles. The van der Waals surface area contributed by atoms with Gasteiger partial charge in [-0.15, -0.1) is 0 Å². The lowest BCUT2D eigenvalue weighted by Crippen LogP contribution is -1.95. The van der Waals surface area contributed by atoms with Gasteiger partial charge in [-0.25, -0.2) is 0 Å². The van der Waals surface area contributed by atoms with E-state index in [0.717, 1.165) is 5.56 Å². The van der Waals surface area contributed by atoms with Crippen molar-refractivity contribution in [1.29, 1.82) is 0 Å². The van der Waals surface area contributed by atoms with Crippen LogP contribution in [0.4, 0.5) is 5.82 Å². The molecular weight excluding hydrogens is 294 g/mol. The number of aromatic nitrogens is 2. The van der Waals surface area contributed by atoms with Crippen molar-refractivity contribution in [1.82, 2.24) is 9.38 Å². The fraction of sp³-hybridized carbons (Fsp3) is 0.154. The van der Waals surface area contributed by atoms with Crippen molar-refractivity contribution in [3.05, 3.63) is 51.5 Å². The van der Waals surface area contributed by atoms with Crippen LogP contribution in [0.3, 0.4) is 0 Å². The summed E-state index contributed by atoms with van der Waals surface area (Å²) in [5.74, 6) is 0.248. The first kappa shape index (κ1) is 13.5. The van der Waals surface area contributed by atoms with Gasteiger partial charge in [0.1, 0.15) is 11.9 Å². The molecule has 8 heteroatoms. The second kappa shape index (κ2) is 5.51. The first-order valence-electron chi connectivity index (χ1n) is 6.16. The van der Waals surface area contributed by atoms with Crippen molar-refractivity contribution < 1.29 is 14.8 Å². The predicted molar refractivity (Wildman–Crippen MR) is 77.0 cm³/mol. The van der Waals surface area contributed by atoms with E-state index in [4.69, 9.17) is 9.84 Å². The third-order valence-corrected chi connectivity index (χ3v) is 3.67. The molecule has 3 aromatic rings. The normalized spacial score (nSPS) is 10.9. The van der Waals surface area contributed by atoms with Gasteiger partial charge in [0.25, 0.3) is 4.96 Å². The van der Waals surface area contributed by atoms with Crippen LogP contribution in [0.2, 0.25) is 0 Å². The smallest absolute Gasteiger partial charge is 0.393 e. The Hall–Kier alpha value is -2.45. The molecule has 108 valence electrons. The number of aliphatic hydroxyl groups excluding tert-OH is 1. The Morgan fingerprint density at radius 3 is 2.81 bits per heavy atom. The molecule has 0 aliphatic rings. The second-order valence-corrected chi connectivity index (χ2v) is 5.15. The summed E-state index contributed by atoms with van der Waals surface area (Å²) < 4.78 is 6.91. The van der Waals surface area contributed by atoms with Gasteiger partial charge in [0, 0.05) is 12.0 Å². The van der Waals surface area contributed by atoms with Crippen molar-refractivity contribution in [2.75, 3.05) is 6.61 Å². The van der Waals surface area contributed by atoms with Gasteiger partial charge in [0.15, 0.2) is 0 Å². The molecule has 0 radical (unpaired) electrons. The Kier molecular flexibility index (Phi) is 3.55. The average molecular weight is 305 g/mol. The fourth-order valence-corrected chi connectivity index (χ4v) is 2.65. The molecule has 0 bridgehead atoms. The molecule has 1 N–H and O–H groups in total. The summed E-state index contributed by atoms with van der Waals surface area (Å²) in [5.41, 5.74) is 0.963. The number of aliphatic hydroxyl groups is 1. The third-order valence-electron chi connectivity index (χ3n) is 2.92. The number of nitro groups is 1. The standard InChI is InChI=1S/C13H11N3O4S/c17-7-5-9-1-3-10(4-2-9)20-11-12(16(18)19)15-6-8-21-13(15)14-11/h1-4,6,8,17H,5,7H2. The highest BCUT2D eigenvalue weighted by atomic mass is 32.1. The number of fused-ring (bicyclic) bond motifs is 1. The molecule has 3 rings (SSSR count). The molecule has 0 aliphatic carbocycles. The Labute approximate surface area is 123 Å². The molecule has 2 heterocycles. The number of nitrogens with zero attached hydrogens (tertiary/aromatic N) is 3. The monoisotopic (exact) mass is 305 g/mol. The summed E-state index contributed by atoms with van der Waals surface area (Å²) in [6, 6.07) is 7.00. The molecule has 0 aliphatic heterocycles. The molecule has 0 unspecified atom stereocenters. The number of benzene rings is 1. The van der Waals surface area contributed by atoms with Crippen LogP contribution in [0.25, 0.3) is 4.96 Å². The van der Waals surface area contributed by atoms with Crippen molar-refractivity contribution in [3.63, 3.8) is 0 Å². The zero-order valence-corrected chi connectivity index (χ0v) is 11.6. The lowest BCUT2D eigenvalue weighted by molar-refractivity contribution is -0.391. The third kappa shape index (κ3) is 2.58. The molecule has 0 atom stereocenters. The van der Waals surface area contributed by atoms with E-state index in [9.17, 15) is 10.1 Å². The summed E-state index contributed by atoms with van der Waals surface area (Å²) in [6.45, 7) is 0.0724. The number of imidazole rings is 1. The van der Waals surface area contributed by atoms with Gasteiger partial charge in [-0.3, -0.25) is 0 Å². The number of rotatable bonds is 5. The van der Waals surface area contributed by atoms with Gasteiger partial charge in [-0.1, -0.05) is 23.5 Å². The maximum absolute atomic E-state index is 11.2. The number of hydrogen-bond donors (Lipinski definition) is 1. The molecule has 0 amide bonds. The van der Waals surface area contributed by atoms with Crippen molar-refractivity contribution in [3.8, 4) is 11.6 Å². The zero-order chi connectivity index (χ0) is 14.8. The van der Waals surface area contributed by atoms with Crippen molar-refractivity contribution in [2.24, 2.45) is 0 Å². The number of hydrogen-bond acceptors (Lipinski definition) is 6. The molecule has 0 spiro atoms. The second-order valence-electron chi connectivity index (χ2n) is 4.27. The van der Waals surface area contributed by atoms with E-state index in [1.165, 1.54) is 15.7 Å². The SMILES string of the molecule is O=[N+]([O-])c1c(Oc2ccc(CCO)cc2)nc2sccn12. The highest BCUT2D eigenvalue weighted by molar-refractivity contribution is 7.15. The first-order chi connectivity index (χ1) is 10.2. The molecule has 0 fully saturated rings. The summed E-state index contributed by atoms with van der Waals surface area (Å²) >= 11 is 1.30. The summed E-state index contributed by atoms with van der Waals surface area (Å²) in [4.78, 5) is 15.3. The summed E-state index contributed by atoms with van der Waals surface area (Å²) in [5, 5.41) is 21.8. The van der Waals surface area contributed by atoms with Crippen LogP contribution in [-0.2, 0) is 6.42 Å². The van der Waals surface area contributed by atoms with Crippen LogP contribution in [-0.4, -0.2) is 26.0 Å². The quantitative estimate of drug-likeness (QED) is 0.578. The maximum Gasteiger partial charge on any atom is 0.393 e. The molecule has 0 saturated heterocycles. The van der Waals surface area contributed by atoms with Gasteiger partial charge in [0.2, 0.25) is 0 Å². The maximum atomic E-state index is 11.2. The Balaban J connectivity index is 1.92. The van der Waals surface area contributed by atoms with Gasteiger partial charge in [-0.2, -0.15) is 9.38 Å². The topological polar surface area (TPSA) is 89.9 Å². The van der Waals surface area contributed by atoms with Crippen LogP contribution >= 0.6 is 11.3 Å². The molecule has 7 nitrogen and oxygen atoms in total. The van der Waals surface area contributed by atoms with E-state index in [0.29, 0.717) is 17.1 Å². The minimum Gasteiger partial charge on any atom is -0.433 e. The largest absolute Gasteiger partial charge is 0.433 e. The van der Waals surface area contributed by atoms with Gasteiger partial charge < -0.3 is 20.0 Å².